The van der Waals surface area contributed by atoms with Gasteiger partial charge in [-0.3, -0.25) is 9.59 Å². The maximum absolute atomic E-state index is 10.7. The molecule has 0 fully saturated rings. The van der Waals surface area contributed by atoms with Crippen LogP contribution in [-0.2, 0) is 19.1 Å². The van der Waals surface area contributed by atoms with E-state index in [1.807, 2.05) is 0 Å². The Labute approximate surface area is 78.9 Å². The lowest BCUT2D eigenvalue weighted by Gasteiger charge is -2.05. The molecule has 0 aliphatic carbocycles. The van der Waals surface area contributed by atoms with Gasteiger partial charge in [0.05, 0.1) is 19.4 Å². The summed E-state index contributed by atoms with van der Waals surface area (Å²) in [6, 6.07) is 0. The molecule has 0 aliphatic rings. The third-order valence-corrected chi connectivity index (χ3v) is 1.20. The Morgan fingerprint density at radius 1 is 1.21 bits per heavy atom. The molecule has 7 nitrogen and oxygen atoms in total. The average molecular weight is 206 g/mol. The Morgan fingerprint density at radius 2 is 1.79 bits per heavy atom. The fraction of sp³-hybridized carbons (Fsp3) is 0.571. The van der Waals surface area contributed by atoms with Crippen molar-refractivity contribution in [1.29, 1.82) is 0 Å². The first-order valence-corrected chi connectivity index (χ1v) is 3.72. The van der Waals surface area contributed by atoms with E-state index >= 15 is 0 Å². The molecule has 0 heterocycles. The lowest BCUT2D eigenvalue weighted by Crippen LogP contribution is -2.28. The predicted molar refractivity (Wildman–Crippen MR) is 41.1 cm³/mol. The Hall–Kier alpha value is -1.47. The molecule has 0 radical (unpaired) electrons. The van der Waals surface area contributed by atoms with E-state index in [0.717, 1.165) is 0 Å². The summed E-state index contributed by atoms with van der Waals surface area (Å²) < 4.78 is 4.00. The topological polar surface area (TPSA) is 121 Å². The quantitative estimate of drug-likeness (QED) is 0.361. The number of hydrogen-bond donors (Lipinski definition) is 3. The van der Waals surface area contributed by atoms with Gasteiger partial charge in [-0.1, -0.05) is 0 Å². The number of aliphatic hydroxyl groups excluding tert-OH is 2. The number of esters is 2. The molecule has 0 spiro atoms. The Bertz CT molecular complexity index is 234. The molecule has 0 amide bonds. The number of aliphatic hydroxyl groups is 2. The van der Waals surface area contributed by atoms with Crippen molar-refractivity contribution in [1.82, 2.24) is 0 Å². The Morgan fingerprint density at radius 3 is 2.21 bits per heavy atom. The zero-order valence-electron chi connectivity index (χ0n) is 7.17. The van der Waals surface area contributed by atoms with Gasteiger partial charge in [0.2, 0.25) is 0 Å². The molecule has 0 aliphatic heterocycles. The van der Waals surface area contributed by atoms with Crippen LogP contribution in [0.25, 0.3) is 0 Å². The molecule has 0 aromatic heterocycles. The highest BCUT2D eigenvalue weighted by Gasteiger charge is 2.19. The monoisotopic (exact) mass is 206 g/mol. The summed E-state index contributed by atoms with van der Waals surface area (Å²) in [6.45, 7) is -0.856. The van der Waals surface area contributed by atoms with Crippen LogP contribution in [0.5, 0.6) is 0 Å². The van der Waals surface area contributed by atoms with Crippen LogP contribution in [0.3, 0.4) is 0 Å². The zero-order chi connectivity index (χ0) is 11.1. The van der Waals surface area contributed by atoms with Gasteiger partial charge in [-0.25, -0.2) is 4.79 Å². The first-order chi connectivity index (χ1) is 6.47. The van der Waals surface area contributed by atoms with Crippen molar-refractivity contribution in [2.24, 2.45) is 0 Å². The van der Waals surface area contributed by atoms with Crippen LogP contribution in [-0.4, -0.2) is 45.9 Å². The number of carbonyl (C=O) groups excluding carboxylic acids is 2. The van der Waals surface area contributed by atoms with Gasteiger partial charge in [-0.2, -0.15) is 0 Å². The normalized spacial score (nSPS) is 11.9. The number of aliphatic carboxylic acids is 1. The first-order valence-electron chi connectivity index (χ1n) is 3.72. The molecular weight excluding hydrogens is 196 g/mol. The summed E-state index contributed by atoms with van der Waals surface area (Å²) in [7, 11) is 0. The minimum Gasteiger partial charge on any atom is -0.481 e. The molecule has 3 N–H and O–H groups in total. The number of carboxylic acids is 1. The van der Waals surface area contributed by atoms with E-state index < -0.39 is 43.5 Å². The summed E-state index contributed by atoms with van der Waals surface area (Å²) in [5.41, 5.74) is 0. The third-order valence-electron chi connectivity index (χ3n) is 1.20. The minimum absolute atomic E-state index is 0.457. The molecule has 0 rings (SSSR count). The fourth-order valence-corrected chi connectivity index (χ4v) is 0.515. The number of carboxylic acid groups (broad SMARTS) is 1. The number of hydrogen-bond acceptors (Lipinski definition) is 6. The van der Waals surface area contributed by atoms with Crippen molar-refractivity contribution in [3.63, 3.8) is 0 Å². The second-order valence-electron chi connectivity index (χ2n) is 2.39. The molecule has 0 aromatic rings. The molecule has 1 atom stereocenters. The second-order valence-corrected chi connectivity index (χ2v) is 2.39. The van der Waals surface area contributed by atoms with Crippen LogP contribution in [0.4, 0.5) is 0 Å². The fourth-order valence-electron chi connectivity index (χ4n) is 0.515. The Kier molecular flexibility index (Phi) is 5.42. The summed E-state index contributed by atoms with van der Waals surface area (Å²) >= 11 is 0. The van der Waals surface area contributed by atoms with E-state index in [1.54, 1.807) is 0 Å². The number of carbonyl (C=O) groups is 3. The molecule has 7 heteroatoms. The van der Waals surface area contributed by atoms with E-state index in [1.165, 1.54) is 0 Å². The standard InChI is InChI=1S/C7H10O7/c8-3-4(9)7(13)14-6(12)2-1-5(10)11/h4,8-9H,1-3H2,(H,10,11). The minimum atomic E-state index is -1.77. The van der Waals surface area contributed by atoms with Crippen molar-refractivity contribution in [2.75, 3.05) is 6.61 Å². The predicted octanol–water partition coefficient (Wildman–Crippen LogP) is -1.73. The molecule has 0 aromatic carbocycles. The van der Waals surface area contributed by atoms with Crippen LogP contribution in [0.1, 0.15) is 12.8 Å². The smallest absolute Gasteiger partial charge is 0.345 e. The highest BCUT2D eigenvalue weighted by atomic mass is 16.6. The van der Waals surface area contributed by atoms with Gasteiger partial charge in [-0.05, 0) is 0 Å². The second kappa shape index (κ2) is 6.06. The van der Waals surface area contributed by atoms with Crippen LogP contribution in [0, 0.1) is 0 Å². The van der Waals surface area contributed by atoms with Gasteiger partial charge < -0.3 is 20.1 Å². The maximum atomic E-state index is 10.7. The van der Waals surface area contributed by atoms with E-state index in [4.69, 9.17) is 15.3 Å². The SMILES string of the molecule is O=C(O)CCC(=O)OC(=O)C(O)CO. The van der Waals surface area contributed by atoms with Crippen molar-refractivity contribution in [3.05, 3.63) is 0 Å². The van der Waals surface area contributed by atoms with Crippen molar-refractivity contribution in [2.45, 2.75) is 18.9 Å². The van der Waals surface area contributed by atoms with Crippen LogP contribution in [0.2, 0.25) is 0 Å². The number of ether oxygens (including phenoxy) is 1. The molecule has 0 saturated heterocycles. The van der Waals surface area contributed by atoms with Crippen LogP contribution < -0.4 is 0 Å². The van der Waals surface area contributed by atoms with E-state index in [-0.39, 0.29) is 0 Å². The summed E-state index contributed by atoms with van der Waals surface area (Å²) in [5.74, 6) is -3.54. The van der Waals surface area contributed by atoms with Gasteiger partial charge >= 0.3 is 17.9 Å². The highest BCUT2D eigenvalue weighted by Crippen LogP contribution is 1.95. The van der Waals surface area contributed by atoms with Gasteiger partial charge in [-0.15, -0.1) is 0 Å². The molecular formula is C7H10O7. The summed E-state index contributed by atoms with van der Waals surface area (Å²) in [5, 5.41) is 25.1. The maximum Gasteiger partial charge on any atom is 0.345 e. The largest absolute Gasteiger partial charge is 0.481 e. The molecule has 0 saturated carbocycles. The van der Waals surface area contributed by atoms with E-state index in [9.17, 15) is 14.4 Å². The molecule has 1 unspecified atom stereocenters. The van der Waals surface area contributed by atoms with Gasteiger partial charge in [0.15, 0.2) is 6.10 Å². The molecule has 80 valence electrons. The van der Waals surface area contributed by atoms with E-state index in [2.05, 4.69) is 4.74 Å². The van der Waals surface area contributed by atoms with Crippen molar-refractivity contribution in [3.8, 4) is 0 Å². The van der Waals surface area contributed by atoms with Crippen molar-refractivity contribution >= 4 is 17.9 Å². The van der Waals surface area contributed by atoms with Gasteiger partial charge in [0.25, 0.3) is 0 Å². The van der Waals surface area contributed by atoms with Gasteiger partial charge in [0, 0.05) is 0 Å². The lowest BCUT2D eigenvalue weighted by atomic mass is 10.3. The van der Waals surface area contributed by atoms with Crippen molar-refractivity contribution < 1.29 is 34.4 Å². The summed E-state index contributed by atoms with van der Waals surface area (Å²) in [6.07, 6.45) is -2.69. The zero-order valence-corrected chi connectivity index (χ0v) is 7.17. The van der Waals surface area contributed by atoms with Gasteiger partial charge in [0.1, 0.15) is 0 Å². The highest BCUT2D eigenvalue weighted by molar-refractivity contribution is 5.88. The van der Waals surface area contributed by atoms with Crippen LogP contribution in [0.15, 0.2) is 0 Å². The number of rotatable bonds is 5. The summed E-state index contributed by atoms with van der Waals surface area (Å²) in [4.78, 5) is 31.3. The first kappa shape index (κ1) is 12.5. The Balaban J connectivity index is 3.83. The molecule has 0 bridgehead atoms. The van der Waals surface area contributed by atoms with Crippen LogP contribution >= 0.6 is 0 Å². The molecule has 14 heavy (non-hydrogen) atoms. The average Bonchev–Trinajstić information content (AvgIpc) is 2.13. The third kappa shape index (κ3) is 5.22. The van der Waals surface area contributed by atoms with E-state index in [0.29, 0.717) is 0 Å². The lowest BCUT2D eigenvalue weighted by molar-refractivity contribution is -0.168.